The quantitative estimate of drug-likeness (QED) is 0.706. The number of aliphatic hydroxyl groups is 1. The maximum Gasteiger partial charge on any atom is 0.298 e. The Balaban J connectivity index is 2.92. The number of hydrogen-bond acceptors (Lipinski definition) is 4. The van der Waals surface area contributed by atoms with Crippen LogP contribution in [0.1, 0.15) is 5.56 Å². The van der Waals surface area contributed by atoms with E-state index in [4.69, 9.17) is 14.6 Å². The average molecular weight is 196 g/mol. The van der Waals surface area contributed by atoms with E-state index in [0.717, 1.165) is 5.56 Å². The van der Waals surface area contributed by atoms with Crippen LogP contribution in [0.25, 0.3) is 0 Å². The summed E-state index contributed by atoms with van der Waals surface area (Å²) >= 11 is 0. The van der Waals surface area contributed by atoms with Gasteiger partial charge in [0, 0.05) is 6.61 Å². The molecular weight excluding hydrogens is 184 g/mol. The van der Waals surface area contributed by atoms with Crippen LogP contribution in [0.2, 0.25) is 0 Å². The Bertz CT molecular complexity index is 309. The topological polar surface area (TPSA) is 55.8 Å². The lowest BCUT2D eigenvalue weighted by atomic mass is 10.1. The molecule has 0 saturated carbocycles. The molecule has 76 valence electrons. The van der Waals surface area contributed by atoms with Gasteiger partial charge < -0.3 is 14.6 Å². The fraction of sp³-hybridized carbons (Fsp3) is 0.300. The first-order valence-electron chi connectivity index (χ1n) is 4.20. The van der Waals surface area contributed by atoms with Crippen LogP contribution in [-0.2, 0) is 11.2 Å². The van der Waals surface area contributed by atoms with Gasteiger partial charge in [0.05, 0.1) is 7.11 Å². The average Bonchev–Trinajstić information content (AvgIpc) is 2.21. The Morgan fingerprint density at radius 2 is 2.21 bits per heavy atom. The number of ether oxygens (including phenoxy) is 2. The highest BCUT2D eigenvalue weighted by molar-refractivity contribution is 5.51. The molecule has 0 saturated heterocycles. The fourth-order valence-electron chi connectivity index (χ4n) is 1.15. The van der Waals surface area contributed by atoms with Gasteiger partial charge in [-0.15, -0.1) is 0 Å². The highest BCUT2D eigenvalue weighted by atomic mass is 16.5. The van der Waals surface area contributed by atoms with Crippen LogP contribution >= 0.6 is 0 Å². The molecule has 0 aliphatic heterocycles. The molecule has 0 unspecified atom stereocenters. The Labute approximate surface area is 82.1 Å². The molecule has 4 heteroatoms. The monoisotopic (exact) mass is 196 g/mol. The van der Waals surface area contributed by atoms with Crippen molar-refractivity contribution in [3.63, 3.8) is 0 Å². The third-order valence-electron chi connectivity index (χ3n) is 1.80. The van der Waals surface area contributed by atoms with Crippen molar-refractivity contribution in [3.05, 3.63) is 23.8 Å². The van der Waals surface area contributed by atoms with E-state index in [1.807, 2.05) is 0 Å². The maximum atomic E-state index is 10.1. The van der Waals surface area contributed by atoms with Gasteiger partial charge in [-0.1, -0.05) is 6.07 Å². The van der Waals surface area contributed by atoms with Crippen molar-refractivity contribution < 1.29 is 19.4 Å². The van der Waals surface area contributed by atoms with Crippen molar-refractivity contribution in [1.82, 2.24) is 0 Å². The van der Waals surface area contributed by atoms with E-state index in [1.54, 1.807) is 18.2 Å². The van der Waals surface area contributed by atoms with Gasteiger partial charge in [0.1, 0.15) is 0 Å². The molecule has 0 aliphatic rings. The summed E-state index contributed by atoms with van der Waals surface area (Å²) in [5.74, 6) is 0.868. The van der Waals surface area contributed by atoms with E-state index >= 15 is 0 Å². The summed E-state index contributed by atoms with van der Waals surface area (Å²) in [6.07, 6.45) is 0.553. The lowest BCUT2D eigenvalue weighted by Gasteiger charge is -2.07. The first-order chi connectivity index (χ1) is 6.81. The van der Waals surface area contributed by atoms with Gasteiger partial charge in [0.25, 0.3) is 6.47 Å². The molecule has 0 heterocycles. The molecule has 0 bridgehead atoms. The van der Waals surface area contributed by atoms with Crippen molar-refractivity contribution in [1.29, 1.82) is 0 Å². The summed E-state index contributed by atoms with van der Waals surface area (Å²) < 4.78 is 9.71. The van der Waals surface area contributed by atoms with Crippen LogP contribution in [0.3, 0.4) is 0 Å². The number of hydrogen-bond donors (Lipinski definition) is 1. The van der Waals surface area contributed by atoms with Crippen molar-refractivity contribution in [3.8, 4) is 11.5 Å². The lowest BCUT2D eigenvalue weighted by Crippen LogP contribution is -1.96. The van der Waals surface area contributed by atoms with Crippen molar-refractivity contribution in [2.45, 2.75) is 6.42 Å². The van der Waals surface area contributed by atoms with E-state index < -0.39 is 0 Å². The predicted molar refractivity (Wildman–Crippen MR) is 50.5 cm³/mol. The summed E-state index contributed by atoms with van der Waals surface area (Å²) in [5.41, 5.74) is 0.933. The van der Waals surface area contributed by atoms with Crippen LogP contribution in [0.4, 0.5) is 0 Å². The van der Waals surface area contributed by atoms with Gasteiger partial charge in [0.2, 0.25) is 0 Å². The van der Waals surface area contributed by atoms with Crippen LogP contribution in [0.15, 0.2) is 18.2 Å². The second-order valence-electron chi connectivity index (χ2n) is 2.67. The molecule has 0 fully saturated rings. The fourth-order valence-corrected chi connectivity index (χ4v) is 1.15. The SMILES string of the molecule is COc1cc(CCO)ccc1OC=O. The Kier molecular flexibility index (Phi) is 3.94. The zero-order chi connectivity index (χ0) is 10.4. The molecule has 0 spiro atoms. The zero-order valence-electron chi connectivity index (χ0n) is 7.90. The van der Waals surface area contributed by atoms with Gasteiger partial charge in [-0.2, -0.15) is 0 Å². The summed E-state index contributed by atoms with van der Waals surface area (Å²) in [7, 11) is 1.50. The van der Waals surface area contributed by atoms with E-state index in [-0.39, 0.29) is 6.61 Å². The number of aliphatic hydroxyl groups excluding tert-OH is 1. The van der Waals surface area contributed by atoms with Crippen molar-refractivity contribution in [2.24, 2.45) is 0 Å². The minimum atomic E-state index is 0.0804. The number of carbonyl (C=O) groups excluding carboxylic acids is 1. The van der Waals surface area contributed by atoms with Crippen LogP contribution < -0.4 is 9.47 Å². The Morgan fingerprint density at radius 1 is 1.43 bits per heavy atom. The van der Waals surface area contributed by atoms with E-state index in [0.29, 0.717) is 24.4 Å². The highest BCUT2D eigenvalue weighted by Gasteiger charge is 2.04. The molecule has 4 nitrogen and oxygen atoms in total. The van der Waals surface area contributed by atoms with Gasteiger partial charge in [0.15, 0.2) is 11.5 Å². The first-order valence-corrected chi connectivity index (χ1v) is 4.20. The maximum absolute atomic E-state index is 10.1. The molecule has 1 N–H and O–H groups in total. The minimum Gasteiger partial charge on any atom is -0.493 e. The van der Waals surface area contributed by atoms with Gasteiger partial charge in [-0.3, -0.25) is 4.79 Å². The second-order valence-corrected chi connectivity index (χ2v) is 2.67. The molecule has 0 aliphatic carbocycles. The van der Waals surface area contributed by atoms with E-state index in [9.17, 15) is 4.79 Å². The highest BCUT2D eigenvalue weighted by Crippen LogP contribution is 2.27. The molecule has 1 aromatic rings. The van der Waals surface area contributed by atoms with Gasteiger partial charge in [-0.05, 0) is 24.1 Å². The van der Waals surface area contributed by atoms with E-state index in [1.165, 1.54) is 7.11 Å². The second kappa shape index (κ2) is 5.24. The first kappa shape index (κ1) is 10.5. The summed E-state index contributed by atoms with van der Waals surface area (Å²) in [4.78, 5) is 10.1. The molecule has 1 aromatic carbocycles. The predicted octanol–water partition coefficient (Wildman–Crippen LogP) is 0.765. The Hall–Kier alpha value is -1.55. The molecule has 0 amide bonds. The molecule has 0 atom stereocenters. The number of methoxy groups -OCH3 is 1. The summed E-state index contributed by atoms with van der Waals surface area (Å²) in [5, 5.41) is 8.73. The van der Waals surface area contributed by atoms with Crippen molar-refractivity contribution >= 4 is 6.47 Å². The van der Waals surface area contributed by atoms with Gasteiger partial charge >= 0.3 is 0 Å². The third-order valence-corrected chi connectivity index (χ3v) is 1.80. The zero-order valence-corrected chi connectivity index (χ0v) is 7.90. The van der Waals surface area contributed by atoms with Crippen molar-refractivity contribution in [2.75, 3.05) is 13.7 Å². The summed E-state index contributed by atoms with van der Waals surface area (Å²) in [6, 6.07) is 5.14. The smallest absolute Gasteiger partial charge is 0.298 e. The normalized spacial score (nSPS) is 9.57. The van der Waals surface area contributed by atoms with Crippen LogP contribution in [0.5, 0.6) is 11.5 Å². The lowest BCUT2D eigenvalue weighted by molar-refractivity contribution is -0.120. The molecule has 0 radical (unpaired) electrons. The van der Waals surface area contributed by atoms with E-state index in [2.05, 4.69) is 0 Å². The minimum absolute atomic E-state index is 0.0804. The van der Waals surface area contributed by atoms with Crippen LogP contribution in [-0.4, -0.2) is 25.3 Å². The molecule has 1 rings (SSSR count). The third kappa shape index (κ3) is 2.47. The Morgan fingerprint density at radius 3 is 2.79 bits per heavy atom. The number of rotatable bonds is 5. The summed E-state index contributed by atoms with van der Waals surface area (Å²) in [6.45, 7) is 0.431. The standard InChI is InChI=1S/C10H12O4/c1-13-10-6-8(4-5-11)2-3-9(10)14-7-12/h2-3,6-7,11H,4-5H2,1H3. The number of carbonyl (C=O) groups is 1. The van der Waals surface area contributed by atoms with Crippen LogP contribution in [0, 0.1) is 0 Å². The molecular formula is C10H12O4. The molecule has 0 aromatic heterocycles. The largest absolute Gasteiger partial charge is 0.493 e. The van der Waals surface area contributed by atoms with Gasteiger partial charge in [-0.25, -0.2) is 0 Å². The molecule has 14 heavy (non-hydrogen) atoms. The number of benzene rings is 1.